The topological polar surface area (TPSA) is 68.5 Å². The Bertz CT molecular complexity index is 1020. The zero-order valence-electron chi connectivity index (χ0n) is 14.7. The van der Waals surface area contributed by atoms with Crippen molar-refractivity contribution < 1.29 is 27.5 Å². The van der Waals surface area contributed by atoms with Gasteiger partial charge in [-0.05, 0) is 30.3 Å². The molecule has 0 aliphatic carbocycles. The molecule has 0 bridgehead atoms. The van der Waals surface area contributed by atoms with Crippen LogP contribution in [0.15, 0.2) is 64.1 Å². The first kappa shape index (κ1) is 19.6. The molecule has 1 amide bonds. The largest absolute Gasteiger partial charge is 0.468 e. The summed E-state index contributed by atoms with van der Waals surface area (Å²) in [5.41, 5.74) is 0.498. The van der Waals surface area contributed by atoms with Crippen LogP contribution in [-0.2, 0) is 10.5 Å². The van der Waals surface area contributed by atoms with Crippen molar-refractivity contribution in [2.24, 2.45) is 0 Å². The van der Waals surface area contributed by atoms with Crippen molar-refractivity contribution >= 4 is 29.3 Å². The van der Waals surface area contributed by atoms with E-state index < -0.39 is 23.5 Å². The number of esters is 1. The van der Waals surface area contributed by atoms with E-state index in [-0.39, 0.29) is 11.4 Å². The number of benzene rings is 2. The van der Waals surface area contributed by atoms with E-state index in [0.29, 0.717) is 27.8 Å². The Kier molecular flexibility index (Phi) is 6.10. The lowest BCUT2D eigenvalue weighted by atomic mass is 10.2. The van der Waals surface area contributed by atoms with Crippen molar-refractivity contribution in [1.29, 1.82) is 0 Å². The zero-order chi connectivity index (χ0) is 20.1. The number of amides is 1. The quantitative estimate of drug-likeness (QED) is 0.469. The van der Waals surface area contributed by atoms with Gasteiger partial charge in [0.05, 0.1) is 30.4 Å². The molecule has 2 aromatic carbocycles. The second kappa shape index (κ2) is 8.71. The summed E-state index contributed by atoms with van der Waals surface area (Å²) < 4.78 is 36.8. The van der Waals surface area contributed by atoms with Crippen LogP contribution in [0.3, 0.4) is 0 Å². The van der Waals surface area contributed by atoms with Crippen LogP contribution in [0.25, 0.3) is 0 Å². The number of rotatable bonds is 6. The number of furan rings is 1. The van der Waals surface area contributed by atoms with Gasteiger partial charge in [-0.1, -0.05) is 12.1 Å². The van der Waals surface area contributed by atoms with Crippen LogP contribution >= 0.6 is 11.8 Å². The molecule has 0 saturated heterocycles. The number of ether oxygens (including phenoxy) is 1. The van der Waals surface area contributed by atoms with Crippen molar-refractivity contribution in [3.63, 3.8) is 0 Å². The molecule has 28 heavy (non-hydrogen) atoms. The summed E-state index contributed by atoms with van der Waals surface area (Å²) >= 11 is 1.28. The zero-order valence-corrected chi connectivity index (χ0v) is 15.5. The number of hydrogen-bond donors (Lipinski definition) is 1. The molecule has 3 rings (SSSR count). The molecular weight excluding hydrogens is 388 g/mol. The Morgan fingerprint density at radius 3 is 2.64 bits per heavy atom. The van der Waals surface area contributed by atoms with Crippen LogP contribution in [0.2, 0.25) is 0 Å². The number of carbonyl (C=O) groups is 2. The van der Waals surface area contributed by atoms with Crippen LogP contribution in [0, 0.1) is 11.6 Å². The second-order valence-corrected chi connectivity index (χ2v) is 6.63. The molecule has 0 aliphatic rings. The third-order valence-electron chi connectivity index (χ3n) is 3.82. The van der Waals surface area contributed by atoms with Gasteiger partial charge < -0.3 is 14.5 Å². The first-order valence-electron chi connectivity index (χ1n) is 8.12. The summed E-state index contributed by atoms with van der Waals surface area (Å²) in [5.74, 6) is -1.95. The number of anilines is 1. The Labute approximate surface area is 163 Å². The predicted molar refractivity (Wildman–Crippen MR) is 100 cm³/mol. The van der Waals surface area contributed by atoms with Gasteiger partial charge >= 0.3 is 5.97 Å². The number of methoxy groups -OCH3 is 1. The van der Waals surface area contributed by atoms with Gasteiger partial charge in [0.15, 0.2) is 0 Å². The average Bonchev–Trinajstić information content (AvgIpc) is 3.16. The maximum atomic E-state index is 13.8. The van der Waals surface area contributed by atoms with Crippen LogP contribution in [-0.4, -0.2) is 19.0 Å². The van der Waals surface area contributed by atoms with Gasteiger partial charge in [0, 0.05) is 11.0 Å². The Morgan fingerprint density at radius 1 is 1.11 bits per heavy atom. The van der Waals surface area contributed by atoms with Gasteiger partial charge in [0.2, 0.25) is 0 Å². The molecule has 0 radical (unpaired) electrons. The van der Waals surface area contributed by atoms with Crippen molar-refractivity contribution in [1.82, 2.24) is 0 Å². The summed E-state index contributed by atoms with van der Waals surface area (Å²) in [5, 5.41) is 2.43. The average molecular weight is 403 g/mol. The highest BCUT2D eigenvalue weighted by Gasteiger charge is 2.18. The van der Waals surface area contributed by atoms with Crippen LogP contribution in [0.5, 0.6) is 0 Å². The third-order valence-corrected chi connectivity index (χ3v) is 4.89. The highest BCUT2D eigenvalue weighted by molar-refractivity contribution is 7.98. The highest BCUT2D eigenvalue weighted by atomic mass is 32.2. The van der Waals surface area contributed by atoms with Crippen molar-refractivity contribution in [2.75, 3.05) is 12.4 Å². The first-order valence-corrected chi connectivity index (χ1v) is 9.11. The van der Waals surface area contributed by atoms with E-state index in [9.17, 15) is 18.4 Å². The standard InChI is InChI=1S/C20H15F2NO4S/c1-26-20(25)13-8-9-27-17(13)11-28-18-5-3-2-4-14(18)19(24)23-16-7-6-12(21)10-15(16)22/h2-10H,11H2,1H3,(H,23,24). The highest BCUT2D eigenvalue weighted by Crippen LogP contribution is 2.29. The van der Waals surface area contributed by atoms with Crippen LogP contribution in [0.1, 0.15) is 26.5 Å². The van der Waals surface area contributed by atoms with E-state index in [1.165, 1.54) is 31.2 Å². The molecule has 1 aromatic heterocycles. The Balaban J connectivity index is 1.77. The molecule has 8 heteroatoms. The summed E-state index contributed by atoms with van der Waals surface area (Å²) in [6.45, 7) is 0. The molecule has 1 heterocycles. The fourth-order valence-corrected chi connectivity index (χ4v) is 3.45. The minimum Gasteiger partial charge on any atom is -0.468 e. The fourth-order valence-electron chi connectivity index (χ4n) is 2.45. The minimum atomic E-state index is -0.864. The van der Waals surface area contributed by atoms with Gasteiger partial charge in [0.1, 0.15) is 23.0 Å². The maximum Gasteiger partial charge on any atom is 0.341 e. The predicted octanol–water partition coefficient (Wildman–Crippen LogP) is 4.89. The van der Waals surface area contributed by atoms with Crippen molar-refractivity contribution in [3.05, 3.63) is 83.3 Å². The molecule has 0 aliphatic heterocycles. The molecule has 3 aromatic rings. The SMILES string of the molecule is COC(=O)c1ccoc1CSc1ccccc1C(=O)Nc1ccc(F)cc1F. The summed E-state index contributed by atoms with van der Waals surface area (Å²) in [4.78, 5) is 24.9. The molecule has 0 atom stereocenters. The third kappa shape index (κ3) is 4.40. The monoisotopic (exact) mass is 403 g/mol. The van der Waals surface area contributed by atoms with E-state index in [0.717, 1.165) is 12.1 Å². The Morgan fingerprint density at radius 2 is 1.89 bits per heavy atom. The molecule has 0 saturated carbocycles. The van der Waals surface area contributed by atoms with Gasteiger partial charge in [-0.25, -0.2) is 13.6 Å². The number of thioether (sulfide) groups is 1. The van der Waals surface area contributed by atoms with E-state index in [2.05, 4.69) is 5.32 Å². The van der Waals surface area contributed by atoms with Gasteiger partial charge in [-0.15, -0.1) is 11.8 Å². The molecule has 0 fully saturated rings. The second-order valence-electron chi connectivity index (χ2n) is 5.61. The summed E-state index contributed by atoms with van der Waals surface area (Å²) in [6, 6.07) is 11.2. The van der Waals surface area contributed by atoms with Gasteiger partial charge in [0.25, 0.3) is 5.91 Å². The Hall–Kier alpha value is -3.13. The minimum absolute atomic E-state index is 0.120. The normalized spacial score (nSPS) is 10.5. The first-order chi connectivity index (χ1) is 13.5. The van der Waals surface area contributed by atoms with Crippen LogP contribution in [0.4, 0.5) is 14.5 Å². The molecule has 5 nitrogen and oxygen atoms in total. The number of halogens is 2. The molecule has 0 spiro atoms. The van der Waals surface area contributed by atoms with Gasteiger partial charge in [-0.3, -0.25) is 4.79 Å². The number of nitrogens with one attached hydrogen (secondary N) is 1. The molecule has 0 unspecified atom stereocenters. The van der Waals surface area contributed by atoms with E-state index in [1.54, 1.807) is 24.3 Å². The smallest absolute Gasteiger partial charge is 0.341 e. The lowest BCUT2D eigenvalue weighted by molar-refractivity contribution is 0.0598. The lowest BCUT2D eigenvalue weighted by Gasteiger charge is -2.10. The maximum absolute atomic E-state index is 13.8. The van der Waals surface area contributed by atoms with Crippen molar-refractivity contribution in [2.45, 2.75) is 10.6 Å². The summed E-state index contributed by atoms with van der Waals surface area (Å²) in [7, 11) is 1.28. The number of carbonyl (C=O) groups excluding carboxylic acids is 2. The van der Waals surface area contributed by atoms with E-state index in [1.807, 2.05) is 0 Å². The fraction of sp³-hybridized carbons (Fsp3) is 0.100. The van der Waals surface area contributed by atoms with E-state index in [4.69, 9.17) is 9.15 Å². The van der Waals surface area contributed by atoms with Crippen LogP contribution < -0.4 is 5.32 Å². The van der Waals surface area contributed by atoms with Crippen molar-refractivity contribution in [3.8, 4) is 0 Å². The lowest BCUT2D eigenvalue weighted by Crippen LogP contribution is -2.14. The van der Waals surface area contributed by atoms with E-state index >= 15 is 0 Å². The molecular formula is C20H15F2NO4S. The molecule has 1 N–H and O–H groups in total. The summed E-state index contributed by atoms with van der Waals surface area (Å²) in [6.07, 6.45) is 1.39. The molecule has 144 valence electrons. The number of hydrogen-bond acceptors (Lipinski definition) is 5. The van der Waals surface area contributed by atoms with Gasteiger partial charge in [-0.2, -0.15) is 0 Å².